The van der Waals surface area contributed by atoms with E-state index in [2.05, 4.69) is 28.3 Å². The van der Waals surface area contributed by atoms with E-state index < -0.39 is 11.2 Å². The zero-order valence-electron chi connectivity index (χ0n) is 16.2. The summed E-state index contributed by atoms with van der Waals surface area (Å²) >= 11 is 0. The lowest BCUT2D eigenvalue weighted by molar-refractivity contribution is 0.680. The van der Waals surface area contributed by atoms with E-state index in [4.69, 9.17) is 0 Å². The van der Waals surface area contributed by atoms with E-state index in [1.165, 1.54) is 17.4 Å². The van der Waals surface area contributed by atoms with Gasteiger partial charge in [0.2, 0.25) is 5.95 Å². The summed E-state index contributed by atoms with van der Waals surface area (Å²) in [7, 11) is 1.62. The van der Waals surface area contributed by atoms with E-state index >= 15 is 0 Å². The molecule has 0 bridgehead atoms. The summed E-state index contributed by atoms with van der Waals surface area (Å²) in [6.07, 6.45) is 4.58. The first-order chi connectivity index (χ1) is 13.0. The Labute approximate surface area is 158 Å². The molecule has 1 aromatic carbocycles. The number of H-pyrrole nitrogens is 1. The number of aryl methyl sites for hydroxylation is 2. The number of nitrogens with zero attached hydrogens (tertiary/aromatic N) is 3. The molecule has 0 aliphatic heterocycles. The average molecular weight is 369 g/mol. The molecular weight excluding hydrogens is 342 g/mol. The van der Waals surface area contributed by atoms with Crippen LogP contribution in [0, 0.1) is 6.92 Å². The van der Waals surface area contributed by atoms with Crippen molar-refractivity contribution in [2.45, 2.75) is 46.1 Å². The summed E-state index contributed by atoms with van der Waals surface area (Å²) in [5, 5.41) is 3.35. The van der Waals surface area contributed by atoms with E-state index in [1.54, 1.807) is 7.05 Å². The molecule has 0 amide bonds. The van der Waals surface area contributed by atoms with Crippen molar-refractivity contribution in [1.82, 2.24) is 19.1 Å². The van der Waals surface area contributed by atoms with E-state index in [0.29, 0.717) is 23.7 Å². The number of aromatic amines is 1. The highest BCUT2D eigenvalue weighted by Crippen LogP contribution is 2.18. The second kappa shape index (κ2) is 8.24. The molecule has 0 spiro atoms. The molecule has 2 N–H and O–H groups in total. The number of anilines is 1. The Bertz CT molecular complexity index is 1040. The fourth-order valence-electron chi connectivity index (χ4n) is 3.27. The third kappa shape index (κ3) is 4.13. The molecule has 0 fully saturated rings. The second-order valence-electron chi connectivity index (χ2n) is 6.99. The molecular formula is C20H27N5O2. The molecule has 0 unspecified atom stereocenters. The summed E-state index contributed by atoms with van der Waals surface area (Å²) in [4.78, 5) is 31.4. The topological polar surface area (TPSA) is 84.7 Å². The zero-order valence-corrected chi connectivity index (χ0v) is 16.2. The van der Waals surface area contributed by atoms with Gasteiger partial charge in [0.1, 0.15) is 0 Å². The lowest BCUT2D eigenvalue weighted by atomic mass is 10.1. The van der Waals surface area contributed by atoms with Crippen LogP contribution >= 0.6 is 0 Å². The fourth-order valence-corrected chi connectivity index (χ4v) is 3.27. The van der Waals surface area contributed by atoms with E-state index in [-0.39, 0.29) is 0 Å². The van der Waals surface area contributed by atoms with Crippen LogP contribution in [0.1, 0.15) is 43.7 Å². The van der Waals surface area contributed by atoms with Crippen molar-refractivity contribution in [2.24, 2.45) is 7.05 Å². The first-order valence-corrected chi connectivity index (χ1v) is 9.50. The number of rotatable bonds is 8. The Morgan fingerprint density at radius 3 is 2.74 bits per heavy atom. The number of benzene rings is 1. The van der Waals surface area contributed by atoms with Crippen molar-refractivity contribution in [1.29, 1.82) is 0 Å². The van der Waals surface area contributed by atoms with Crippen LogP contribution in [0.2, 0.25) is 0 Å². The van der Waals surface area contributed by atoms with Gasteiger partial charge in [0, 0.05) is 13.6 Å². The molecule has 0 aliphatic rings. The Morgan fingerprint density at radius 2 is 2.00 bits per heavy atom. The Balaban J connectivity index is 2.01. The molecule has 0 atom stereocenters. The maximum Gasteiger partial charge on any atom is 0.329 e. The largest absolute Gasteiger partial charge is 0.356 e. The van der Waals surface area contributed by atoms with Crippen LogP contribution in [0.15, 0.2) is 33.9 Å². The predicted molar refractivity (Wildman–Crippen MR) is 109 cm³/mol. The number of aromatic nitrogens is 4. The van der Waals surface area contributed by atoms with Crippen molar-refractivity contribution in [3.63, 3.8) is 0 Å². The highest BCUT2D eigenvalue weighted by atomic mass is 16.2. The van der Waals surface area contributed by atoms with E-state index in [1.807, 2.05) is 29.7 Å². The van der Waals surface area contributed by atoms with Crippen molar-refractivity contribution in [3.05, 3.63) is 56.2 Å². The fraction of sp³-hybridized carbons (Fsp3) is 0.450. The minimum Gasteiger partial charge on any atom is -0.356 e. The molecule has 7 nitrogen and oxygen atoms in total. The molecule has 3 rings (SSSR count). The predicted octanol–water partition coefficient (Wildman–Crippen LogP) is 2.77. The van der Waals surface area contributed by atoms with Gasteiger partial charge in [0.25, 0.3) is 5.56 Å². The second-order valence-corrected chi connectivity index (χ2v) is 6.99. The number of hydrogen-bond donors (Lipinski definition) is 2. The van der Waals surface area contributed by atoms with Crippen molar-refractivity contribution in [3.8, 4) is 0 Å². The van der Waals surface area contributed by atoms with Crippen LogP contribution < -0.4 is 16.6 Å². The molecule has 2 aromatic heterocycles. The van der Waals surface area contributed by atoms with Gasteiger partial charge in [-0.25, -0.2) is 4.79 Å². The summed E-state index contributed by atoms with van der Waals surface area (Å²) < 4.78 is 3.24. The summed E-state index contributed by atoms with van der Waals surface area (Å²) in [6, 6.07) is 8.16. The standard InChI is InChI=1S/C20H27N5O2/c1-4-5-6-7-11-21-19-22-17-16(18(26)23-20(27)24(17)3)25(19)13-15-10-8-9-14(2)12-15/h8-10,12H,4-7,11,13H2,1-3H3,(H,21,22)(H,23,26,27). The molecule has 144 valence electrons. The minimum absolute atomic E-state index is 0.396. The van der Waals surface area contributed by atoms with Gasteiger partial charge < -0.3 is 5.32 Å². The smallest absolute Gasteiger partial charge is 0.329 e. The van der Waals surface area contributed by atoms with Crippen LogP contribution in [0.25, 0.3) is 11.2 Å². The molecule has 27 heavy (non-hydrogen) atoms. The monoisotopic (exact) mass is 369 g/mol. The molecule has 7 heteroatoms. The van der Waals surface area contributed by atoms with Gasteiger partial charge in [-0.05, 0) is 18.9 Å². The SMILES string of the molecule is CCCCCCNc1nc2c(c(=O)[nH]c(=O)n2C)n1Cc1cccc(C)c1. The molecule has 0 saturated heterocycles. The van der Waals surface area contributed by atoms with E-state index in [9.17, 15) is 9.59 Å². The first kappa shape index (κ1) is 18.9. The minimum atomic E-state index is -0.456. The molecule has 3 aromatic rings. The Morgan fingerprint density at radius 1 is 1.19 bits per heavy atom. The van der Waals surface area contributed by atoms with Gasteiger partial charge in [-0.3, -0.25) is 18.9 Å². The number of hydrogen-bond acceptors (Lipinski definition) is 4. The van der Waals surface area contributed by atoms with Gasteiger partial charge in [0.05, 0.1) is 6.54 Å². The van der Waals surface area contributed by atoms with Crippen molar-refractivity contribution < 1.29 is 0 Å². The van der Waals surface area contributed by atoms with Crippen LogP contribution in [0.5, 0.6) is 0 Å². The van der Waals surface area contributed by atoms with Crippen LogP contribution in [0.4, 0.5) is 5.95 Å². The maximum absolute atomic E-state index is 12.5. The quantitative estimate of drug-likeness (QED) is 0.598. The van der Waals surface area contributed by atoms with Crippen molar-refractivity contribution >= 4 is 17.1 Å². The molecule has 2 heterocycles. The zero-order chi connectivity index (χ0) is 19.4. The van der Waals surface area contributed by atoms with Crippen LogP contribution in [0.3, 0.4) is 0 Å². The Kier molecular flexibility index (Phi) is 5.78. The lowest BCUT2D eigenvalue weighted by Gasteiger charge is -2.11. The maximum atomic E-state index is 12.5. The van der Waals surface area contributed by atoms with Crippen molar-refractivity contribution in [2.75, 3.05) is 11.9 Å². The van der Waals surface area contributed by atoms with Gasteiger partial charge in [0.15, 0.2) is 11.2 Å². The third-order valence-corrected chi connectivity index (χ3v) is 4.74. The average Bonchev–Trinajstić information content (AvgIpc) is 2.99. The highest BCUT2D eigenvalue weighted by Gasteiger charge is 2.17. The number of nitrogens with one attached hydrogen (secondary N) is 2. The number of imidazole rings is 1. The summed E-state index contributed by atoms with van der Waals surface area (Å²) in [5.74, 6) is 0.620. The molecule has 0 saturated carbocycles. The van der Waals surface area contributed by atoms with Gasteiger partial charge in [-0.15, -0.1) is 0 Å². The normalized spacial score (nSPS) is 11.2. The van der Waals surface area contributed by atoms with Crippen LogP contribution in [-0.4, -0.2) is 25.6 Å². The number of unbranched alkanes of at least 4 members (excludes halogenated alkanes) is 3. The Hall–Kier alpha value is -2.83. The van der Waals surface area contributed by atoms with Gasteiger partial charge >= 0.3 is 5.69 Å². The van der Waals surface area contributed by atoms with E-state index in [0.717, 1.165) is 30.5 Å². The number of fused-ring (bicyclic) bond motifs is 1. The van der Waals surface area contributed by atoms with Crippen LogP contribution in [-0.2, 0) is 13.6 Å². The van der Waals surface area contributed by atoms with Gasteiger partial charge in [-0.1, -0.05) is 56.0 Å². The molecule has 0 radical (unpaired) electrons. The first-order valence-electron chi connectivity index (χ1n) is 9.50. The summed E-state index contributed by atoms with van der Waals surface area (Å²) in [6.45, 7) is 5.51. The lowest BCUT2D eigenvalue weighted by Crippen LogP contribution is -2.29. The molecule has 0 aliphatic carbocycles. The van der Waals surface area contributed by atoms with Gasteiger partial charge in [-0.2, -0.15) is 4.98 Å². The third-order valence-electron chi connectivity index (χ3n) is 4.74. The summed E-state index contributed by atoms with van der Waals surface area (Å²) in [5.41, 5.74) is 2.18. The highest BCUT2D eigenvalue weighted by molar-refractivity contribution is 5.74.